The van der Waals surface area contributed by atoms with Gasteiger partial charge in [-0.2, -0.15) is 0 Å². The molecule has 0 fully saturated rings. The number of aryl methyl sites for hydroxylation is 1. The van der Waals surface area contributed by atoms with E-state index in [0.717, 1.165) is 32.5 Å². The third-order valence-electron chi connectivity index (χ3n) is 6.39. The van der Waals surface area contributed by atoms with Crippen molar-refractivity contribution in [1.29, 1.82) is 0 Å². The summed E-state index contributed by atoms with van der Waals surface area (Å²) in [7, 11) is 0. The molecular formula is C24H34N2O2. The second kappa shape index (κ2) is 7.22. The van der Waals surface area contributed by atoms with Gasteiger partial charge in [-0.1, -0.05) is 45.9 Å². The Balaban J connectivity index is 1.76. The highest BCUT2D eigenvalue weighted by molar-refractivity contribution is 5.88. The van der Waals surface area contributed by atoms with Gasteiger partial charge < -0.3 is 14.2 Å². The molecule has 0 radical (unpaired) electrons. The van der Waals surface area contributed by atoms with E-state index < -0.39 is 5.60 Å². The van der Waals surface area contributed by atoms with E-state index in [1.807, 2.05) is 0 Å². The monoisotopic (exact) mass is 382 g/mol. The van der Waals surface area contributed by atoms with Crippen LogP contribution in [0.25, 0.3) is 10.9 Å². The zero-order valence-corrected chi connectivity index (χ0v) is 18.0. The first kappa shape index (κ1) is 19.5. The van der Waals surface area contributed by atoms with Crippen molar-refractivity contribution >= 4 is 16.8 Å². The molecule has 2 unspecified atom stereocenters. The molecular weight excluding hydrogens is 348 g/mol. The number of amides is 1. The minimum atomic E-state index is -0.534. The van der Waals surface area contributed by atoms with Gasteiger partial charge in [-0.15, -0.1) is 0 Å². The highest BCUT2D eigenvalue weighted by Crippen LogP contribution is 2.48. The van der Waals surface area contributed by atoms with Crippen LogP contribution >= 0.6 is 0 Å². The standard InChI is InChI=1S/C24H34N2O2/c1-16(2)14-25(15-17(3)4)23(27)20-10-12-26-21-9-7-6-8-18(21)19-11-13-28-24(20,5)22(19)26/h6-9,16-17,20H,10-15H2,1-5H3. The van der Waals surface area contributed by atoms with Crippen LogP contribution in [-0.2, 0) is 28.1 Å². The van der Waals surface area contributed by atoms with Gasteiger partial charge in [-0.25, -0.2) is 0 Å². The quantitative estimate of drug-likeness (QED) is 0.758. The van der Waals surface area contributed by atoms with Crippen molar-refractivity contribution in [3.63, 3.8) is 0 Å². The van der Waals surface area contributed by atoms with Crippen LogP contribution in [0.2, 0.25) is 0 Å². The van der Waals surface area contributed by atoms with Gasteiger partial charge in [0.25, 0.3) is 0 Å². The van der Waals surface area contributed by atoms with E-state index >= 15 is 0 Å². The molecule has 152 valence electrons. The van der Waals surface area contributed by atoms with Crippen molar-refractivity contribution in [3.8, 4) is 0 Å². The molecule has 4 rings (SSSR count). The number of nitrogens with zero attached hydrogens (tertiary/aromatic N) is 2. The van der Waals surface area contributed by atoms with Crippen molar-refractivity contribution in [1.82, 2.24) is 9.47 Å². The maximum atomic E-state index is 13.7. The molecule has 2 aliphatic heterocycles. The molecule has 0 saturated carbocycles. The Kier molecular flexibility index (Phi) is 5.03. The van der Waals surface area contributed by atoms with E-state index in [0.29, 0.717) is 18.4 Å². The van der Waals surface area contributed by atoms with Crippen molar-refractivity contribution in [2.45, 2.75) is 59.6 Å². The largest absolute Gasteiger partial charge is 0.368 e. The molecule has 2 atom stereocenters. The molecule has 2 aliphatic rings. The SMILES string of the molecule is CC(C)CN(CC(C)C)C(=O)C1CCn2c3c(c4ccccc42)CCOC31C. The molecule has 3 heterocycles. The topological polar surface area (TPSA) is 34.5 Å². The zero-order valence-electron chi connectivity index (χ0n) is 18.0. The lowest BCUT2D eigenvalue weighted by Gasteiger charge is -2.46. The van der Waals surface area contributed by atoms with Crippen LogP contribution in [0.15, 0.2) is 24.3 Å². The molecule has 28 heavy (non-hydrogen) atoms. The van der Waals surface area contributed by atoms with Crippen LogP contribution in [0.4, 0.5) is 0 Å². The number of hydrogen-bond acceptors (Lipinski definition) is 2. The van der Waals surface area contributed by atoms with Gasteiger partial charge in [-0.05, 0) is 43.2 Å². The first-order valence-corrected chi connectivity index (χ1v) is 10.9. The van der Waals surface area contributed by atoms with Gasteiger partial charge in [0, 0.05) is 30.5 Å². The molecule has 0 saturated heterocycles. The fourth-order valence-electron chi connectivity index (χ4n) is 5.38. The lowest BCUT2D eigenvalue weighted by atomic mass is 9.76. The predicted molar refractivity (Wildman–Crippen MR) is 113 cm³/mol. The Morgan fingerprint density at radius 1 is 1.21 bits per heavy atom. The van der Waals surface area contributed by atoms with Crippen LogP contribution in [0.1, 0.15) is 52.3 Å². The summed E-state index contributed by atoms with van der Waals surface area (Å²) >= 11 is 0. The summed E-state index contributed by atoms with van der Waals surface area (Å²) in [6.07, 6.45) is 1.77. The average molecular weight is 383 g/mol. The van der Waals surface area contributed by atoms with E-state index in [9.17, 15) is 4.79 Å². The van der Waals surface area contributed by atoms with Gasteiger partial charge in [0.15, 0.2) is 0 Å². The molecule has 1 amide bonds. The maximum Gasteiger partial charge on any atom is 0.229 e. The highest BCUT2D eigenvalue weighted by atomic mass is 16.5. The maximum absolute atomic E-state index is 13.7. The van der Waals surface area contributed by atoms with Crippen molar-refractivity contribution in [2.75, 3.05) is 19.7 Å². The summed E-state index contributed by atoms with van der Waals surface area (Å²) < 4.78 is 8.85. The second-order valence-corrected chi connectivity index (χ2v) is 9.57. The van der Waals surface area contributed by atoms with Crippen LogP contribution in [0, 0.1) is 17.8 Å². The third kappa shape index (κ3) is 3.06. The summed E-state index contributed by atoms with van der Waals surface area (Å²) in [5, 5.41) is 1.33. The summed E-state index contributed by atoms with van der Waals surface area (Å²) in [5.74, 6) is 1.09. The van der Waals surface area contributed by atoms with E-state index in [1.54, 1.807) is 0 Å². The second-order valence-electron chi connectivity index (χ2n) is 9.57. The molecule has 2 aromatic rings. The van der Waals surface area contributed by atoms with E-state index in [2.05, 4.69) is 68.4 Å². The van der Waals surface area contributed by atoms with E-state index in [-0.39, 0.29) is 11.8 Å². The molecule has 0 bridgehead atoms. The Labute approximate surface area is 168 Å². The number of carbonyl (C=O) groups excluding carboxylic acids is 1. The Morgan fingerprint density at radius 2 is 1.89 bits per heavy atom. The molecule has 0 spiro atoms. The third-order valence-corrected chi connectivity index (χ3v) is 6.39. The van der Waals surface area contributed by atoms with E-state index in [4.69, 9.17) is 4.74 Å². The van der Waals surface area contributed by atoms with Gasteiger partial charge in [0.2, 0.25) is 5.91 Å². The molecule has 0 aliphatic carbocycles. The summed E-state index contributed by atoms with van der Waals surface area (Å²) in [5.41, 5.74) is 3.39. The Morgan fingerprint density at radius 3 is 2.57 bits per heavy atom. The average Bonchev–Trinajstić information content (AvgIpc) is 2.96. The van der Waals surface area contributed by atoms with Gasteiger partial charge >= 0.3 is 0 Å². The Bertz CT molecular complexity index is 839. The molecule has 1 aromatic heterocycles. The number of hydrogen-bond donors (Lipinski definition) is 0. The van der Waals surface area contributed by atoms with Crippen molar-refractivity contribution in [2.24, 2.45) is 17.8 Å². The zero-order chi connectivity index (χ0) is 20.1. The summed E-state index contributed by atoms with van der Waals surface area (Å²) in [6, 6.07) is 8.66. The summed E-state index contributed by atoms with van der Waals surface area (Å²) in [4.78, 5) is 15.8. The van der Waals surface area contributed by atoms with Crippen LogP contribution in [0.5, 0.6) is 0 Å². The number of fused-ring (bicyclic) bond motifs is 3. The number of para-hydroxylation sites is 1. The van der Waals surface area contributed by atoms with Crippen molar-refractivity contribution in [3.05, 3.63) is 35.5 Å². The number of benzene rings is 1. The van der Waals surface area contributed by atoms with Gasteiger partial charge in [0.1, 0.15) is 5.60 Å². The molecule has 1 aromatic carbocycles. The molecule has 4 heteroatoms. The highest BCUT2D eigenvalue weighted by Gasteiger charge is 2.50. The minimum Gasteiger partial charge on any atom is -0.368 e. The van der Waals surface area contributed by atoms with Gasteiger partial charge in [0.05, 0.1) is 18.2 Å². The Hall–Kier alpha value is -1.81. The van der Waals surface area contributed by atoms with Gasteiger partial charge in [-0.3, -0.25) is 4.79 Å². The first-order chi connectivity index (χ1) is 13.3. The fourth-order valence-corrected chi connectivity index (χ4v) is 5.38. The van der Waals surface area contributed by atoms with Crippen LogP contribution < -0.4 is 0 Å². The predicted octanol–water partition coefficient (Wildman–Crippen LogP) is 4.59. The number of aromatic nitrogens is 1. The van der Waals surface area contributed by atoms with Crippen molar-refractivity contribution < 1.29 is 9.53 Å². The number of rotatable bonds is 5. The smallest absolute Gasteiger partial charge is 0.229 e. The first-order valence-electron chi connectivity index (χ1n) is 10.9. The normalized spacial score (nSPS) is 24.0. The summed E-state index contributed by atoms with van der Waals surface area (Å²) in [6.45, 7) is 14.1. The molecule has 4 nitrogen and oxygen atoms in total. The van der Waals surface area contributed by atoms with E-state index in [1.165, 1.54) is 22.2 Å². The number of ether oxygens (including phenoxy) is 1. The van der Waals surface area contributed by atoms with Crippen LogP contribution in [0.3, 0.4) is 0 Å². The lowest BCUT2D eigenvalue weighted by Crippen LogP contribution is -2.53. The fraction of sp³-hybridized carbons (Fsp3) is 0.625. The van der Waals surface area contributed by atoms with Crippen LogP contribution in [-0.4, -0.2) is 35.1 Å². The molecule has 0 N–H and O–H groups in total. The number of carbonyl (C=O) groups is 1. The lowest BCUT2D eigenvalue weighted by molar-refractivity contribution is -0.159. The minimum absolute atomic E-state index is 0.110.